The van der Waals surface area contributed by atoms with E-state index >= 15 is 0 Å². The zero-order valence-electron chi connectivity index (χ0n) is 7.69. The van der Waals surface area contributed by atoms with Gasteiger partial charge in [-0.3, -0.25) is 9.59 Å². The Morgan fingerprint density at radius 3 is 2.23 bits per heavy atom. The zero-order chi connectivity index (χ0) is 9.72. The summed E-state index contributed by atoms with van der Waals surface area (Å²) in [4.78, 5) is 22.6. The summed E-state index contributed by atoms with van der Waals surface area (Å²) in [6.45, 7) is 0. The summed E-state index contributed by atoms with van der Waals surface area (Å²) in [6, 6.07) is -0.936. The predicted molar refractivity (Wildman–Crippen MR) is 50.8 cm³/mol. The Bertz CT molecular complexity index is 185. The lowest BCUT2D eigenvalue weighted by atomic mass is 10.1. The van der Waals surface area contributed by atoms with E-state index in [9.17, 15) is 9.59 Å². The first-order chi connectivity index (χ1) is 5.45. The Morgan fingerprint density at radius 2 is 1.92 bits per heavy atom. The quantitative estimate of drug-likeness (QED) is 0.667. The van der Waals surface area contributed by atoms with Gasteiger partial charge >= 0.3 is 5.97 Å². The highest BCUT2D eigenvalue weighted by molar-refractivity contribution is 5.85. The Kier molecular flexibility index (Phi) is 7.55. The maximum absolute atomic E-state index is 10.9. The first-order valence-corrected chi connectivity index (χ1v) is 3.63. The molecule has 0 fully saturated rings. The number of hydrogen-bond acceptors (Lipinski definition) is 3. The molecule has 0 unspecified atom stereocenters. The monoisotopic (exact) mass is 210 g/mol. The van der Waals surface area contributed by atoms with E-state index in [1.807, 2.05) is 0 Å². The SMILES string of the molecule is CN(C)C(=O)CC[C@H](N)C(=O)O.Cl. The standard InChI is InChI=1S/C7H14N2O3.ClH/c1-9(2)6(10)4-3-5(8)7(11)12;/h5H,3-4,8H2,1-2H3,(H,11,12);1H/t5-;/m0./s1. The van der Waals surface area contributed by atoms with Crippen molar-refractivity contribution in [1.29, 1.82) is 0 Å². The average Bonchev–Trinajstić information content (AvgIpc) is 1.98. The normalized spacial score (nSPS) is 11.3. The molecule has 0 rings (SSSR count). The van der Waals surface area contributed by atoms with Crippen LogP contribution in [-0.4, -0.2) is 42.0 Å². The van der Waals surface area contributed by atoms with Crippen molar-refractivity contribution >= 4 is 24.3 Å². The van der Waals surface area contributed by atoms with E-state index in [1.54, 1.807) is 14.1 Å². The van der Waals surface area contributed by atoms with Crippen molar-refractivity contribution < 1.29 is 14.7 Å². The predicted octanol–water partition coefficient (Wildman–Crippen LogP) is -0.311. The second kappa shape index (κ2) is 6.68. The van der Waals surface area contributed by atoms with Crippen LogP contribution < -0.4 is 5.73 Å². The van der Waals surface area contributed by atoms with Gasteiger partial charge in [0.05, 0.1) is 0 Å². The number of carboxylic acids is 1. The summed E-state index contributed by atoms with van der Waals surface area (Å²) in [5.41, 5.74) is 5.19. The van der Waals surface area contributed by atoms with Crippen LogP contribution in [0.15, 0.2) is 0 Å². The maximum Gasteiger partial charge on any atom is 0.320 e. The van der Waals surface area contributed by atoms with Crippen LogP contribution in [0.4, 0.5) is 0 Å². The largest absolute Gasteiger partial charge is 0.480 e. The molecule has 0 aliphatic rings. The number of carbonyl (C=O) groups is 2. The fourth-order valence-corrected chi connectivity index (χ4v) is 0.626. The highest BCUT2D eigenvalue weighted by atomic mass is 35.5. The number of halogens is 1. The molecule has 0 heterocycles. The number of nitrogens with zero attached hydrogens (tertiary/aromatic N) is 1. The Labute approximate surface area is 83.3 Å². The summed E-state index contributed by atoms with van der Waals surface area (Å²) in [5, 5.41) is 8.38. The van der Waals surface area contributed by atoms with E-state index in [-0.39, 0.29) is 31.2 Å². The van der Waals surface area contributed by atoms with E-state index < -0.39 is 12.0 Å². The van der Waals surface area contributed by atoms with Crippen LogP contribution in [0.5, 0.6) is 0 Å². The molecule has 0 aromatic carbocycles. The van der Waals surface area contributed by atoms with Crippen LogP contribution in [0.1, 0.15) is 12.8 Å². The highest BCUT2D eigenvalue weighted by Crippen LogP contribution is 1.97. The first-order valence-electron chi connectivity index (χ1n) is 3.63. The van der Waals surface area contributed by atoms with Crippen LogP contribution >= 0.6 is 12.4 Å². The van der Waals surface area contributed by atoms with Crippen LogP contribution in [0.25, 0.3) is 0 Å². The number of aliphatic carboxylic acids is 1. The van der Waals surface area contributed by atoms with Crippen molar-refractivity contribution in [3.05, 3.63) is 0 Å². The van der Waals surface area contributed by atoms with Gasteiger partial charge in [0.2, 0.25) is 5.91 Å². The fraction of sp³-hybridized carbons (Fsp3) is 0.714. The lowest BCUT2D eigenvalue weighted by molar-refractivity contribution is -0.138. The van der Waals surface area contributed by atoms with E-state index in [2.05, 4.69) is 0 Å². The van der Waals surface area contributed by atoms with Crippen LogP contribution in [-0.2, 0) is 9.59 Å². The van der Waals surface area contributed by atoms with Crippen molar-refractivity contribution in [1.82, 2.24) is 4.90 Å². The second-order valence-corrected chi connectivity index (χ2v) is 2.77. The Morgan fingerprint density at radius 1 is 1.46 bits per heavy atom. The molecule has 3 N–H and O–H groups in total. The van der Waals surface area contributed by atoms with Crippen molar-refractivity contribution in [2.45, 2.75) is 18.9 Å². The molecule has 0 aliphatic heterocycles. The third-order valence-electron chi connectivity index (χ3n) is 1.49. The van der Waals surface area contributed by atoms with Crippen molar-refractivity contribution in [3.8, 4) is 0 Å². The molecule has 0 spiro atoms. The molecule has 0 aliphatic carbocycles. The topological polar surface area (TPSA) is 83.6 Å². The van der Waals surface area contributed by atoms with Crippen LogP contribution in [0.2, 0.25) is 0 Å². The molecule has 5 nitrogen and oxygen atoms in total. The minimum absolute atomic E-state index is 0. The van der Waals surface area contributed by atoms with Crippen molar-refractivity contribution in [2.75, 3.05) is 14.1 Å². The number of carbonyl (C=O) groups excluding carboxylic acids is 1. The molecular formula is C7H15ClN2O3. The minimum atomic E-state index is -1.07. The number of carboxylic acid groups (broad SMARTS) is 1. The maximum atomic E-state index is 10.9. The lowest BCUT2D eigenvalue weighted by Crippen LogP contribution is -2.32. The van der Waals surface area contributed by atoms with E-state index in [0.717, 1.165) is 0 Å². The highest BCUT2D eigenvalue weighted by Gasteiger charge is 2.13. The molecule has 6 heteroatoms. The average molecular weight is 211 g/mol. The Hall–Kier alpha value is -0.810. The van der Waals surface area contributed by atoms with E-state index in [4.69, 9.17) is 10.8 Å². The summed E-state index contributed by atoms with van der Waals surface area (Å²) in [6.07, 6.45) is 0.368. The molecule has 0 bridgehead atoms. The molecular weight excluding hydrogens is 196 g/mol. The third-order valence-corrected chi connectivity index (χ3v) is 1.49. The minimum Gasteiger partial charge on any atom is -0.480 e. The first kappa shape index (κ1) is 14.7. The molecule has 0 aromatic rings. The molecule has 13 heavy (non-hydrogen) atoms. The van der Waals surface area contributed by atoms with Gasteiger partial charge in [-0.2, -0.15) is 0 Å². The van der Waals surface area contributed by atoms with Crippen molar-refractivity contribution in [3.63, 3.8) is 0 Å². The van der Waals surface area contributed by atoms with Gasteiger partial charge in [0.1, 0.15) is 6.04 Å². The molecule has 0 saturated carbocycles. The zero-order valence-corrected chi connectivity index (χ0v) is 8.50. The van der Waals surface area contributed by atoms with Gasteiger partial charge in [-0.05, 0) is 6.42 Å². The van der Waals surface area contributed by atoms with Gasteiger partial charge in [-0.1, -0.05) is 0 Å². The summed E-state index contributed by atoms with van der Waals surface area (Å²) >= 11 is 0. The van der Waals surface area contributed by atoms with Gasteiger partial charge in [0.15, 0.2) is 0 Å². The third kappa shape index (κ3) is 6.36. The second-order valence-electron chi connectivity index (χ2n) is 2.77. The van der Waals surface area contributed by atoms with Gasteiger partial charge < -0.3 is 15.7 Å². The Balaban J connectivity index is 0. The van der Waals surface area contributed by atoms with Gasteiger partial charge in [-0.25, -0.2) is 0 Å². The van der Waals surface area contributed by atoms with E-state index in [1.165, 1.54) is 4.90 Å². The van der Waals surface area contributed by atoms with Crippen LogP contribution in [0, 0.1) is 0 Å². The lowest BCUT2D eigenvalue weighted by Gasteiger charge is -2.10. The van der Waals surface area contributed by atoms with Gasteiger partial charge in [0, 0.05) is 20.5 Å². The van der Waals surface area contributed by atoms with Gasteiger partial charge in [0.25, 0.3) is 0 Å². The molecule has 1 atom stereocenters. The summed E-state index contributed by atoms with van der Waals surface area (Å²) in [5.74, 6) is -1.17. The smallest absolute Gasteiger partial charge is 0.320 e. The number of hydrogen-bond donors (Lipinski definition) is 2. The molecule has 78 valence electrons. The molecule has 0 saturated heterocycles. The van der Waals surface area contributed by atoms with E-state index in [0.29, 0.717) is 0 Å². The molecule has 0 radical (unpaired) electrons. The summed E-state index contributed by atoms with van der Waals surface area (Å²) < 4.78 is 0. The molecule has 0 aromatic heterocycles. The molecule has 1 amide bonds. The number of amides is 1. The van der Waals surface area contributed by atoms with Gasteiger partial charge in [-0.15, -0.1) is 12.4 Å². The number of rotatable bonds is 4. The van der Waals surface area contributed by atoms with Crippen LogP contribution in [0.3, 0.4) is 0 Å². The number of nitrogens with two attached hydrogens (primary N) is 1. The van der Waals surface area contributed by atoms with Crippen molar-refractivity contribution in [2.24, 2.45) is 5.73 Å². The summed E-state index contributed by atoms with van der Waals surface area (Å²) in [7, 11) is 3.24. The fourth-order valence-electron chi connectivity index (χ4n) is 0.626.